The van der Waals surface area contributed by atoms with Gasteiger partial charge in [0.25, 0.3) is 0 Å². The van der Waals surface area contributed by atoms with E-state index in [9.17, 15) is 0 Å². The summed E-state index contributed by atoms with van der Waals surface area (Å²) in [7, 11) is 2.16. The summed E-state index contributed by atoms with van der Waals surface area (Å²) >= 11 is 0. The van der Waals surface area contributed by atoms with Crippen molar-refractivity contribution < 1.29 is 0 Å². The third kappa shape index (κ3) is 2.72. The molecule has 0 fully saturated rings. The highest BCUT2D eigenvalue weighted by molar-refractivity contribution is 6.32. The van der Waals surface area contributed by atoms with Crippen LogP contribution in [0.25, 0.3) is 32.7 Å². The fraction of sp³-hybridized carbons (Fsp3) is 0.200. The number of hydrogen-bond donors (Lipinski definition) is 0. The predicted molar refractivity (Wildman–Crippen MR) is 119 cm³/mol. The van der Waals surface area contributed by atoms with E-state index in [1.807, 2.05) is 0 Å². The van der Waals surface area contributed by atoms with Crippen molar-refractivity contribution in [2.45, 2.75) is 33.1 Å². The molecule has 0 aromatic heterocycles. The molecule has 128 valence electrons. The van der Waals surface area contributed by atoms with E-state index >= 15 is 0 Å². The van der Waals surface area contributed by atoms with Crippen LogP contribution in [0.1, 0.15) is 37.3 Å². The van der Waals surface area contributed by atoms with Gasteiger partial charge in [0, 0.05) is 0 Å². The topological polar surface area (TPSA) is 0 Å². The Morgan fingerprint density at radius 3 is 2.23 bits per heavy atom. The summed E-state index contributed by atoms with van der Waals surface area (Å²) in [5, 5.41) is 5.53. The van der Waals surface area contributed by atoms with E-state index < -0.39 is 0 Å². The van der Waals surface area contributed by atoms with Gasteiger partial charge < -0.3 is 0 Å². The van der Waals surface area contributed by atoms with Crippen molar-refractivity contribution in [2.24, 2.45) is 0 Å². The SMILES string of the molecule is Bc1cccc(-c2ccc3c(C)c(C(C)CC)c4ccccc4c3c2)c1. The molecular weight excluding hydrogens is 311 g/mol. The molecule has 4 aromatic rings. The summed E-state index contributed by atoms with van der Waals surface area (Å²) < 4.78 is 0. The van der Waals surface area contributed by atoms with Crippen LogP contribution in [-0.2, 0) is 0 Å². The molecule has 4 aromatic carbocycles. The maximum absolute atomic E-state index is 2.37. The van der Waals surface area contributed by atoms with E-state index in [-0.39, 0.29) is 0 Å². The van der Waals surface area contributed by atoms with E-state index in [0.29, 0.717) is 5.92 Å². The molecule has 0 aliphatic rings. The van der Waals surface area contributed by atoms with Gasteiger partial charge in [0.05, 0.1) is 0 Å². The Kier molecular flexibility index (Phi) is 4.32. The minimum Gasteiger partial charge on any atom is -0.0884 e. The molecule has 0 aliphatic carbocycles. The second kappa shape index (κ2) is 6.65. The molecule has 0 radical (unpaired) electrons. The van der Waals surface area contributed by atoms with Gasteiger partial charge in [-0.15, -0.1) is 0 Å². The standard InChI is InChI=1S/C25H25B/c1-4-16(2)25-17(3)21-13-12-19(18-8-7-9-20(26)14-18)15-24(21)22-10-5-6-11-23(22)25/h5-16H,4,26H2,1-3H3. The number of benzene rings is 4. The lowest BCUT2D eigenvalue weighted by atomic mass is 9.84. The lowest BCUT2D eigenvalue weighted by Gasteiger charge is -2.20. The first-order valence-corrected chi connectivity index (χ1v) is 9.62. The molecule has 0 saturated carbocycles. The molecule has 4 rings (SSSR count). The Bertz CT molecular complexity index is 1110. The Morgan fingerprint density at radius 2 is 1.50 bits per heavy atom. The maximum Gasteiger partial charge on any atom is 0.139 e. The molecule has 26 heavy (non-hydrogen) atoms. The summed E-state index contributed by atoms with van der Waals surface area (Å²) in [6.07, 6.45) is 1.16. The first kappa shape index (κ1) is 16.9. The maximum atomic E-state index is 2.37. The molecule has 0 saturated heterocycles. The Labute approximate surface area is 157 Å². The second-order valence-electron chi connectivity index (χ2n) is 7.52. The lowest BCUT2D eigenvalue weighted by molar-refractivity contribution is 0.736. The summed E-state index contributed by atoms with van der Waals surface area (Å²) in [4.78, 5) is 0. The third-order valence-corrected chi connectivity index (χ3v) is 5.79. The molecule has 0 amide bonds. The third-order valence-electron chi connectivity index (χ3n) is 5.79. The Morgan fingerprint density at radius 1 is 0.769 bits per heavy atom. The van der Waals surface area contributed by atoms with Crippen molar-refractivity contribution in [1.82, 2.24) is 0 Å². The van der Waals surface area contributed by atoms with Crippen molar-refractivity contribution in [3.8, 4) is 11.1 Å². The number of rotatable bonds is 3. The summed E-state index contributed by atoms with van der Waals surface area (Å²) in [5.74, 6) is 0.570. The fourth-order valence-corrected chi connectivity index (χ4v) is 4.24. The van der Waals surface area contributed by atoms with Gasteiger partial charge in [-0.05, 0) is 69.1 Å². The predicted octanol–water partition coefficient (Wildman–Crippen LogP) is 5.74. The number of aryl methyl sites for hydroxylation is 1. The van der Waals surface area contributed by atoms with Gasteiger partial charge in [-0.25, -0.2) is 0 Å². The average molecular weight is 336 g/mol. The molecule has 1 unspecified atom stereocenters. The monoisotopic (exact) mass is 336 g/mol. The van der Waals surface area contributed by atoms with Gasteiger partial charge in [0.1, 0.15) is 7.85 Å². The van der Waals surface area contributed by atoms with Gasteiger partial charge in [-0.1, -0.05) is 80.0 Å². The molecule has 1 atom stereocenters. The molecule has 1 heteroatoms. The Hall–Kier alpha value is -2.54. The summed E-state index contributed by atoms with van der Waals surface area (Å²) in [5.41, 5.74) is 6.83. The minimum absolute atomic E-state index is 0.570. The Balaban J connectivity index is 2.07. The van der Waals surface area contributed by atoms with Crippen molar-refractivity contribution >= 4 is 34.9 Å². The van der Waals surface area contributed by atoms with Crippen LogP contribution < -0.4 is 5.46 Å². The van der Waals surface area contributed by atoms with Gasteiger partial charge in [0.2, 0.25) is 0 Å². The van der Waals surface area contributed by atoms with Crippen LogP contribution >= 0.6 is 0 Å². The first-order chi connectivity index (χ1) is 12.6. The molecule has 0 N–H and O–H groups in total. The molecule has 0 nitrogen and oxygen atoms in total. The van der Waals surface area contributed by atoms with Crippen LogP contribution in [0.15, 0.2) is 66.7 Å². The zero-order chi connectivity index (χ0) is 18.3. The highest BCUT2D eigenvalue weighted by Gasteiger charge is 2.15. The van der Waals surface area contributed by atoms with Gasteiger partial charge in [-0.3, -0.25) is 0 Å². The quantitative estimate of drug-likeness (QED) is 0.330. The zero-order valence-electron chi connectivity index (χ0n) is 16.1. The molecule has 0 spiro atoms. The van der Waals surface area contributed by atoms with E-state index in [2.05, 4.69) is 95.3 Å². The van der Waals surface area contributed by atoms with Gasteiger partial charge in [-0.2, -0.15) is 0 Å². The van der Waals surface area contributed by atoms with Crippen LogP contribution in [0.4, 0.5) is 0 Å². The highest BCUT2D eigenvalue weighted by Crippen LogP contribution is 2.38. The summed E-state index contributed by atoms with van der Waals surface area (Å²) in [6, 6.07) is 24.7. The second-order valence-corrected chi connectivity index (χ2v) is 7.52. The first-order valence-electron chi connectivity index (χ1n) is 9.62. The van der Waals surface area contributed by atoms with Crippen molar-refractivity contribution in [2.75, 3.05) is 0 Å². The van der Waals surface area contributed by atoms with Crippen molar-refractivity contribution in [3.63, 3.8) is 0 Å². The number of fused-ring (bicyclic) bond motifs is 3. The largest absolute Gasteiger partial charge is 0.139 e. The summed E-state index contributed by atoms with van der Waals surface area (Å²) in [6.45, 7) is 6.92. The molecule has 0 aliphatic heterocycles. The number of hydrogen-bond acceptors (Lipinski definition) is 0. The minimum atomic E-state index is 0.570. The fourth-order valence-electron chi connectivity index (χ4n) is 4.24. The van der Waals surface area contributed by atoms with Crippen LogP contribution in [0, 0.1) is 6.92 Å². The van der Waals surface area contributed by atoms with Crippen molar-refractivity contribution in [1.29, 1.82) is 0 Å². The van der Waals surface area contributed by atoms with Crippen LogP contribution in [0.3, 0.4) is 0 Å². The highest BCUT2D eigenvalue weighted by atomic mass is 14.2. The van der Waals surface area contributed by atoms with Gasteiger partial charge >= 0.3 is 0 Å². The van der Waals surface area contributed by atoms with E-state index in [4.69, 9.17) is 0 Å². The zero-order valence-corrected chi connectivity index (χ0v) is 16.1. The average Bonchev–Trinajstić information content (AvgIpc) is 2.67. The normalized spacial score (nSPS) is 12.6. The molecule has 0 heterocycles. The van der Waals surface area contributed by atoms with E-state index in [0.717, 1.165) is 6.42 Å². The smallest absolute Gasteiger partial charge is 0.0884 e. The van der Waals surface area contributed by atoms with Crippen LogP contribution in [0.5, 0.6) is 0 Å². The van der Waals surface area contributed by atoms with E-state index in [1.54, 1.807) is 0 Å². The van der Waals surface area contributed by atoms with E-state index in [1.165, 1.54) is 49.3 Å². The van der Waals surface area contributed by atoms with Crippen molar-refractivity contribution in [3.05, 3.63) is 77.9 Å². The molecule has 0 bridgehead atoms. The van der Waals surface area contributed by atoms with Gasteiger partial charge in [0.15, 0.2) is 0 Å². The molecular formula is C25H25B. The van der Waals surface area contributed by atoms with Crippen LogP contribution in [-0.4, -0.2) is 7.85 Å². The lowest BCUT2D eigenvalue weighted by Crippen LogP contribution is -2.01. The van der Waals surface area contributed by atoms with Crippen LogP contribution in [0.2, 0.25) is 0 Å².